The Morgan fingerprint density at radius 3 is 2.37 bits per heavy atom. The number of hydrogen-bond acceptors (Lipinski definition) is 11. The molecule has 0 bridgehead atoms. The minimum absolute atomic E-state index is 0.156. The Bertz CT molecular complexity index is 1570. The summed E-state index contributed by atoms with van der Waals surface area (Å²) in [5, 5.41) is 41.9. The number of rotatable bonds is 8. The molecule has 0 spiro atoms. The molecule has 0 saturated carbocycles. The molecule has 0 aliphatic carbocycles. The number of likely N-dealkylation sites (N-methyl/N-ethyl adjacent to an activating group) is 1. The maximum absolute atomic E-state index is 14.4. The minimum Gasteiger partial charge on any atom is -0.387 e. The Hall–Kier alpha value is -2.66. The molecule has 2 aromatic rings. The van der Waals surface area contributed by atoms with Crippen molar-refractivity contribution in [2.24, 2.45) is 17.8 Å². The summed E-state index contributed by atoms with van der Waals surface area (Å²) in [4.78, 5) is 33.5. The third-order valence-electron chi connectivity index (χ3n) is 12.0. The number of fused-ring (bicyclic) bond motifs is 1. The van der Waals surface area contributed by atoms with E-state index in [2.05, 4.69) is 15.6 Å². The highest BCUT2D eigenvalue weighted by atomic mass is 16.7. The fourth-order valence-corrected chi connectivity index (χ4v) is 8.75. The topological polar surface area (TPSA) is 184 Å². The van der Waals surface area contributed by atoms with Crippen LogP contribution < -0.4 is 10.6 Å². The molecule has 15 atom stereocenters. The number of benzene rings is 1. The van der Waals surface area contributed by atoms with E-state index in [-0.39, 0.29) is 49.8 Å². The van der Waals surface area contributed by atoms with Gasteiger partial charge in [0.1, 0.15) is 18.2 Å². The highest BCUT2D eigenvalue weighted by molar-refractivity contribution is 5.90. The number of nitrogens with one attached hydrogen (secondary N) is 3. The van der Waals surface area contributed by atoms with Gasteiger partial charge in [-0.2, -0.15) is 0 Å². The second kappa shape index (κ2) is 17.2. The molecule has 5 rings (SSSR count). The summed E-state index contributed by atoms with van der Waals surface area (Å²) in [6, 6.07) is 6.62. The van der Waals surface area contributed by atoms with Crippen molar-refractivity contribution in [3.8, 4) is 0 Å². The maximum Gasteiger partial charge on any atom is 0.242 e. The molecule has 304 valence electrons. The van der Waals surface area contributed by atoms with E-state index >= 15 is 0 Å². The smallest absolute Gasteiger partial charge is 0.242 e. The highest BCUT2D eigenvalue weighted by Gasteiger charge is 2.51. The zero-order chi connectivity index (χ0) is 39.7. The van der Waals surface area contributed by atoms with E-state index in [9.17, 15) is 24.9 Å². The average molecular weight is 761 g/mol. The standard InChI is InChI=1S/C40H64N4O10/c1-21-17-39(6,49)35(54-38-32(45)30(44(8)9)15-22(2)51-38)23(3)33(53-31-18-40(7,50-10)34(46)25(5)52-31)24(4)36(47)43-29(37(48)42-19-21)16-26-20-41-28-14-12-11-13-27(26)28/h11-14,20-25,29-35,38,41,45-46,49H,15-19H2,1-10H3,(H,42,48)(H,43,47)/t21-,22-,23+,24-,25+,29+,30+,31+,32-,33+,34+,35-,38+,39-,40-/m1/s1. The number of H-pyrrole nitrogens is 1. The van der Waals surface area contributed by atoms with Crippen LogP contribution in [0.2, 0.25) is 0 Å². The predicted molar refractivity (Wildman–Crippen MR) is 202 cm³/mol. The molecule has 0 radical (unpaired) electrons. The molecule has 0 unspecified atom stereocenters. The van der Waals surface area contributed by atoms with Crippen molar-refractivity contribution in [2.45, 2.75) is 147 Å². The summed E-state index contributed by atoms with van der Waals surface area (Å²) in [7, 11) is 5.31. The molecule has 54 heavy (non-hydrogen) atoms. The lowest BCUT2D eigenvalue weighted by Crippen LogP contribution is -2.60. The first-order chi connectivity index (χ1) is 25.3. The second-order valence-electron chi connectivity index (χ2n) is 16.9. The van der Waals surface area contributed by atoms with Crippen molar-refractivity contribution in [1.29, 1.82) is 0 Å². The van der Waals surface area contributed by atoms with Gasteiger partial charge in [0, 0.05) is 55.6 Å². The number of carbonyl (C=O) groups is 2. The van der Waals surface area contributed by atoms with Crippen molar-refractivity contribution >= 4 is 22.7 Å². The number of aliphatic hydroxyl groups excluding tert-OH is 2. The molecule has 6 N–H and O–H groups in total. The van der Waals surface area contributed by atoms with Crippen LogP contribution in [-0.2, 0) is 39.7 Å². The summed E-state index contributed by atoms with van der Waals surface area (Å²) in [6.07, 6.45) is -3.78. The molecule has 3 aliphatic heterocycles. The number of carbonyl (C=O) groups excluding carboxylic acids is 2. The van der Waals surface area contributed by atoms with Gasteiger partial charge in [-0.25, -0.2) is 0 Å². The van der Waals surface area contributed by atoms with Crippen molar-refractivity contribution in [3.63, 3.8) is 0 Å². The van der Waals surface area contributed by atoms with Crippen LogP contribution in [0.4, 0.5) is 0 Å². The van der Waals surface area contributed by atoms with Crippen LogP contribution in [0, 0.1) is 17.8 Å². The van der Waals surface area contributed by atoms with E-state index in [1.54, 1.807) is 27.7 Å². The highest BCUT2D eigenvalue weighted by Crippen LogP contribution is 2.39. The molecule has 3 saturated heterocycles. The monoisotopic (exact) mass is 760 g/mol. The van der Waals surface area contributed by atoms with Crippen LogP contribution in [0.25, 0.3) is 10.9 Å². The number of aromatic amines is 1. The molecular weight excluding hydrogens is 696 g/mol. The molecule has 3 aliphatic rings. The van der Waals surface area contributed by atoms with Gasteiger partial charge >= 0.3 is 0 Å². The fourth-order valence-electron chi connectivity index (χ4n) is 8.75. The molecule has 2 amide bonds. The van der Waals surface area contributed by atoms with Gasteiger partial charge in [0.2, 0.25) is 11.8 Å². The van der Waals surface area contributed by atoms with Crippen LogP contribution in [-0.4, -0.2) is 137 Å². The zero-order valence-corrected chi connectivity index (χ0v) is 33.6. The van der Waals surface area contributed by atoms with E-state index in [1.807, 2.05) is 70.2 Å². The lowest BCUT2D eigenvalue weighted by Gasteiger charge is -2.48. The largest absolute Gasteiger partial charge is 0.387 e. The lowest BCUT2D eigenvalue weighted by molar-refractivity contribution is -0.317. The van der Waals surface area contributed by atoms with Crippen LogP contribution in [0.15, 0.2) is 30.5 Å². The first-order valence-corrected chi connectivity index (χ1v) is 19.4. The van der Waals surface area contributed by atoms with Gasteiger partial charge < -0.3 is 59.5 Å². The molecule has 1 aromatic heterocycles. The number of methoxy groups -OCH3 is 1. The van der Waals surface area contributed by atoms with Gasteiger partial charge in [0.05, 0.1) is 41.5 Å². The first kappa shape index (κ1) is 42.5. The van der Waals surface area contributed by atoms with Gasteiger partial charge in [-0.15, -0.1) is 0 Å². The van der Waals surface area contributed by atoms with Gasteiger partial charge in [-0.3, -0.25) is 9.59 Å². The van der Waals surface area contributed by atoms with Gasteiger partial charge in [-0.1, -0.05) is 39.0 Å². The number of amides is 2. The maximum atomic E-state index is 14.4. The minimum atomic E-state index is -1.55. The molecule has 4 heterocycles. The summed E-state index contributed by atoms with van der Waals surface area (Å²) < 4.78 is 31.6. The zero-order valence-electron chi connectivity index (χ0n) is 33.6. The Balaban J connectivity index is 1.53. The van der Waals surface area contributed by atoms with Crippen LogP contribution in [0.5, 0.6) is 0 Å². The summed E-state index contributed by atoms with van der Waals surface area (Å²) in [6.45, 7) is 12.9. The van der Waals surface area contributed by atoms with Crippen LogP contribution >= 0.6 is 0 Å². The predicted octanol–water partition coefficient (Wildman–Crippen LogP) is 2.47. The average Bonchev–Trinajstić information content (AvgIpc) is 3.52. The second-order valence-corrected chi connectivity index (χ2v) is 16.9. The Morgan fingerprint density at radius 2 is 1.69 bits per heavy atom. The van der Waals surface area contributed by atoms with Crippen molar-refractivity contribution < 1.29 is 48.6 Å². The molecule has 3 fully saturated rings. The van der Waals surface area contributed by atoms with E-state index in [0.29, 0.717) is 6.42 Å². The van der Waals surface area contributed by atoms with Crippen LogP contribution in [0.3, 0.4) is 0 Å². The van der Waals surface area contributed by atoms with Crippen molar-refractivity contribution in [2.75, 3.05) is 27.7 Å². The summed E-state index contributed by atoms with van der Waals surface area (Å²) in [5.74, 6) is -2.60. The first-order valence-electron chi connectivity index (χ1n) is 19.4. The molecule has 14 nitrogen and oxygen atoms in total. The Labute approximate surface area is 319 Å². The fraction of sp³-hybridized carbons (Fsp3) is 0.750. The van der Waals surface area contributed by atoms with E-state index < -0.39 is 78.1 Å². The van der Waals surface area contributed by atoms with Crippen LogP contribution in [0.1, 0.15) is 73.3 Å². The van der Waals surface area contributed by atoms with Gasteiger partial charge in [-0.05, 0) is 72.2 Å². The number of para-hydroxylation sites is 1. The van der Waals surface area contributed by atoms with Crippen molar-refractivity contribution in [3.05, 3.63) is 36.0 Å². The normalized spacial score (nSPS) is 41.8. The number of ether oxygens (including phenoxy) is 5. The molecule has 1 aromatic carbocycles. The van der Waals surface area contributed by atoms with E-state index in [1.165, 1.54) is 7.11 Å². The number of aliphatic hydroxyl groups is 3. The van der Waals surface area contributed by atoms with E-state index in [0.717, 1.165) is 16.5 Å². The molecule has 14 heteroatoms. The third-order valence-corrected chi connectivity index (χ3v) is 12.0. The number of nitrogens with zero attached hydrogens (tertiary/aromatic N) is 1. The number of aromatic nitrogens is 1. The Morgan fingerprint density at radius 1 is 0.981 bits per heavy atom. The Kier molecular flexibility index (Phi) is 13.6. The van der Waals surface area contributed by atoms with E-state index in [4.69, 9.17) is 23.7 Å². The lowest BCUT2D eigenvalue weighted by atomic mass is 9.77. The van der Waals surface area contributed by atoms with Gasteiger partial charge in [0.15, 0.2) is 12.6 Å². The quantitative estimate of drug-likeness (QED) is 0.233. The molecular formula is C40H64N4O10. The summed E-state index contributed by atoms with van der Waals surface area (Å²) >= 11 is 0. The summed E-state index contributed by atoms with van der Waals surface area (Å²) in [5.41, 5.74) is -0.743. The number of hydrogen-bond donors (Lipinski definition) is 6. The third kappa shape index (κ3) is 9.30. The van der Waals surface area contributed by atoms with Crippen molar-refractivity contribution in [1.82, 2.24) is 20.5 Å². The SMILES string of the molecule is CO[C@]1(C)C[C@H](O[C@H]2[C@H](C)[C@@H](O[C@@H]3O[C@H](C)C[C@H](N(C)C)[C@H]3O)[C@](C)(O)C[C@@H](C)CNC(=O)[C@H](Cc3c[nH]c4ccccc34)NC(=O)[C@@H]2C)O[C@@H](C)[C@@H]1O. The van der Waals surface area contributed by atoms with Gasteiger partial charge in [0.25, 0.3) is 0 Å².